The van der Waals surface area contributed by atoms with Gasteiger partial charge in [-0.3, -0.25) is 0 Å². The summed E-state index contributed by atoms with van der Waals surface area (Å²) in [5.74, 6) is 0. The second-order valence-corrected chi connectivity index (χ2v) is 29.8. The van der Waals surface area contributed by atoms with E-state index in [2.05, 4.69) is 112 Å². The summed E-state index contributed by atoms with van der Waals surface area (Å²) in [4.78, 5) is 11.9. The van der Waals surface area contributed by atoms with E-state index in [1.807, 2.05) is 0 Å². The van der Waals surface area contributed by atoms with Gasteiger partial charge in [0.1, 0.15) is 24.4 Å². The second-order valence-electron chi connectivity index (χ2n) is 15.5. The molecule has 0 aliphatic carbocycles. The number of ether oxygens (including phenoxy) is 1. The molecule has 2 heterocycles. The average molecular weight is 589 g/mol. The van der Waals surface area contributed by atoms with Gasteiger partial charge in [-0.1, -0.05) is 62.3 Å². The van der Waals surface area contributed by atoms with Crippen LogP contribution in [0.4, 0.5) is 4.79 Å². The summed E-state index contributed by atoms with van der Waals surface area (Å²) in [5.41, 5.74) is 0.534. The maximum atomic E-state index is 11.9. The molecule has 0 radical (unpaired) electrons. The molecule has 8 nitrogen and oxygen atoms in total. The zero-order chi connectivity index (χ0) is 29.7. The van der Waals surface area contributed by atoms with Crippen molar-refractivity contribution in [2.24, 2.45) is 0 Å². The molecule has 0 aromatic heterocycles. The lowest BCUT2D eigenvalue weighted by Crippen LogP contribution is -2.56. The normalized spacial score (nSPS) is 28.2. The summed E-state index contributed by atoms with van der Waals surface area (Å²) in [6, 6.07) is -0.451. The topological polar surface area (TPSA) is 98.3 Å². The van der Waals surface area contributed by atoms with E-state index < -0.39 is 49.4 Å². The summed E-state index contributed by atoms with van der Waals surface area (Å²) in [5, 5.41) is 16.1. The Kier molecular flexibility index (Phi) is 9.78. The van der Waals surface area contributed by atoms with Gasteiger partial charge in [0.25, 0.3) is 0 Å². The highest BCUT2D eigenvalue weighted by Gasteiger charge is 2.56. The Hall–Kier alpha value is -0.539. The van der Waals surface area contributed by atoms with Crippen LogP contribution < -0.4 is 10.6 Å². The molecule has 2 amide bonds. The Labute approximate surface area is 235 Å². The maximum Gasteiger partial charge on any atom is 0.321 e. The van der Waals surface area contributed by atoms with E-state index >= 15 is 0 Å². The molecule has 2 aliphatic heterocycles. The number of urea groups is 1. The minimum absolute atomic E-state index is 0.0173. The molecule has 2 aliphatic rings. The highest BCUT2D eigenvalue weighted by atomic mass is 28.4. The molecule has 3 N–H and O–H groups in total. The molecule has 38 heavy (non-hydrogen) atoms. The number of carbonyl (C=O) groups excluding carboxylic acids is 1. The van der Waals surface area contributed by atoms with Gasteiger partial charge in [0.15, 0.2) is 31.2 Å². The van der Waals surface area contributed by atoms with Crippen LogP contribution in [0, 0.1) is 0 Å². The quantitative estimate of drug-likeness (QED) is 0.298. The zero-order valence-electron chi connectivity index (χ0n) is 26.7. The lowest BCUT2D eigenvalue weighted by molar-refractivity contribution is -0.0130. The first-order valence-corrected chi connectivity index (χ1v) is 22.6. The van der Waals surface area contributed by atoms with E-state index in [-0.39, 0.29) is 27.3 Å². The Morgan fingerprint density at radius 3 is 1.68 bits per heavy atom. The van der Waals surface area contributed by atoms with Gasteiger partial charge in [-0.15, -0.1) is 0 Å². The summed E-state index contributed by atoms with van der Waals surface area (Å²) < 4.78 is 27.6. The van der Waals surface area contributed by atoms with Crippen molar-refractivity contribution >= 4 is 31.0 Å². The van der Waals surface area contributed by atoms with E-state index in [0.29, 0.717) is 12.2 Å². The van der Waals surface area contributed by atoms with E-state index in [4.69, 9.17) is 18.0 Å². The fraction of sp³-hybridized carbons (Fsp3) is 0.889. The van der Waals surface area contributed by atoms with Crippen molar-refractivity contribution < 1.29 is 27.9 Å². The molecule has 2 rings (SSSR count). The highest BCUT2D eigenvalue weighted by molar-refractivity contribution is 6.75. The Morgan fingerprint density at radius 2 is 1.26 bits per heavy atom. The first-order chi connectivity index (χ1) is 16.8. The lowest BCUT2D eigenvalue weighted by Gasteiger charge is -2.44. The van der Waals surface area contributed by atoms with Gasteiger partial charge < -0.3 is 33.8 Å². The van der Waals surface area contributed by atoms with Crippen LogP contribution in [-0.4, -0.2) is 73.3 Å². The maximum absolute atomic E-state index is 11.9. The van der Waals surface area contributed by atoms with Crippen LogP contribution in [0.1, 0.15) is 62.3 Å². The van der Waals surface area contributed by atoms with Crippen LogP contribution in [0.3, 0.4) is 0 Å². The van der Waals surface area contributed by atoms with Crippen molar-refractivity contribution in [3.63, 3.8) is 0 Å². The third-order valence-corrected chi connectivity index (χ3v) is 22.9. The number of hydrogen-bond acceptors (Lipinski definition) is 6. The van der Waals surface area contributed by atoms with Gasteiger partial charge in [0.2, 0.25) is 0 Å². The first-order valence-electron chi connectivity index (χ1n) is 13.9. The van der Waals surface area contributed by atoms with Crippen LogP contribution in [0.5, 0.6) is 0 Å². The third kappa shape index (κ3) is 7.40. The number of aliphatic hydroxyl groups is 1. The van der Waals surface area contributed by atoms with Crippen molar-refractivity contribution in [2.75, 3.05) is 6.61 Å². The zero-order valence-corrected chi connectivity index (χ0v) is 29.7. The summed E-state index contributed by atoms with van der Waals surface area (Å²) in [6.45, 7) is 33.8. The van der Waals surface area contributed by atoms with E-state index in [1.165, 1.54) is 0 Å². The minimum Gasteiger partial charge on any atom is -0.414 e. The van der Waals surface area contributed by atoms with E-state index in [1.54, 1.807) is 6.20 Å². The number of nitrogens with one attached hydrogen (secondary N) is 2. The van der Waals surface area contributed by atoms with Crippen LogP contribution in [0.25, 0.3) is 0 Å². The third-order valence-electron chi connectivity index (χ3n) is 9.48. The van der Waals surface area contributed by atoms with Gasteiger partial charge >= 0.3 is 6.03 Å². The number of aliphatic hydroxyl groups excluding tert-OH is 1. The first kappa shape index (κ1) is 33.7. The smallest absolute Gasteiger partial charge is 0.321 e. The van der Waals surface area contributed by atoms with Crippen LogP contribution >= 0.6 is 0 Å². The number of carbonyl (C=O) groups is 1. The summed E-state index contributed by atoms with van der Waals surface area (Å²) in [7, 11) is -6.61. The Balaban J connectivity index is 2.59. The summed E-state index contributed by atoms with van der Waals surface area (Å²) in [6.07, 6.45) is -1.45. The predicted octanol–water partition coefficient (Wildman–Crippen LogP) is 6.07. The Morgan fingerprint density at radius 1 is 0.816 bits per heavy atom. The molecule has 1 saturated heterocycles. The van der Waals surface area contributed by atoms with E-state index in [0.717, 1.165) is 0 Å². The standard InChI is InChI=1S/C27H56N2O6Si3/c1-25(2,3)36(10,11)32-17-19-21(34-37(12,13)26(4,5)6)22(35-38(14,15)27(7,8)9)20(33-19)18-16-28-24(31)29-23(18)30/h16,19-23,30H,17H2,1-15H3,(H2,28,29,31)/t19-,20+,21?,22?,23?/m1/s1. The number of rotatable bonds is 8. The molecule has 0 saturated carbocycles. The SMILES string of the molecule is CC(C)(C)[Si](C)(C)OC[C@H]1O[C@@H](C2=CNC(=O)NC2O)C(O[Si](C)(C)C(C)(C)C)C1O[Si](C)(C)C(C)(C)C. The van der Waals surface area contributed by atoms with Crippen LogP contribution in [0.2, 0.25) is 54.4 Å². The molecule has 1 fully saturated rings. The molecular weight excluding hydrogens is 533 g/mol. The molecule has 222 valence electrons. The summed E-state index contributed by atoms with van der Waals surface area (Å²) >= 11 is 0. The Bertz CT molecular complexity index is 887. The molecule has 11 heteroatoms. The van der Waals surface area contributed by atoms with Gasteiger partial charge in [-0.2, -0.15) is 0 Å². The molecule has 0 spiro atoms. The van der Waals surface area contributed by atoms with Gasteiger partial charge in [-0.05, 0) is 54.4 Å². The van der Waals surface area contributed by atoms with Gasteiger partial charge in [0.05, 0.1) is 6.61 Å². The highest BCUT2D eigenvalue weighted by Crippen LogP contribution is 2.45. The molecule has 0 aromatic rings. The molecule has 3 unspecified atom stereocenters. The molecular formula is C27H56N2O6Si3. The minimum atomic E-state index is -2.29. The van der Waals surface area contributed by atoms with Gasteiger partial charge in [-0.25, -0.2) is 4.79 Å². The fourth-order valence-corrected chi connectivity index (χ4v) is 7.28. The lowest BCUT2D eigenvalue weighted by atomic mass is 10.0. The molecule has 0 aromatic carbocycles. The number of amides is 2. The van der Waals surface area contributed by atoms with Crippen molar-refractivity contribution in [3.05, 3.63) is 11.8 Å². The average Bonchev–Trinajstić information content (AvgIpc) is 3.00. The second kappa shape index (κ2) is 11.0. The van der Waals surface area contributed by atoms with Gasteiger partial charge in [0, 0.05) is 11.8 Å². The van der Waals surface area contributed by atoms with Crippen molar-refractivity contribution in [2.45, 2.75) is 147 Å². The predicted molar refractivity (Wildman–Crippen MR) is 162 cm³/mol. The van der Waals surface area contributed by atoms with Crippen molar-refractivity contribution in [3.8, 4) is 0 Å². The number of hydrogen-bond donors (Lipinski definition) is 3. The fourth-order valence-electron chi connectivity index (χ4n) is 3.66. The molecule has 5 atom stereocenters. The van der Waals surface area contributed by atoms with Crippen molar-refractivity contribution in [1.29, 1.82) is 0 Å². The largest absolute Gasteiger partial charge is 0.414 e. The van der Waals surface area contributed by atoms with Crippen LogP contribution in [0.15, 0.2) is 11.8 Å². The van der Waals surface area contributed by atoms with E-state index in [9.17, 15) is 9.90 Å². The monoisotopic (exact) mass is 588 g/mol. The molecule has 0 bridgehead atoms. The van der Waals surface area contributed by atoms with Crippen LogP contribution in [-0.2, 0) is 18.0 Å². The van der Waals surface area contributed by atoms with Crippen molar-refractivity contribution in [1.82, 2.24) is 10.6 Å².